The number of nitrogens with zero attached hydrogens (tertiary/aromatic N) is 1. The molecule has 1 aromatic rings. The van der Waals surface area contributed by atoms with Crippen LogP contribution in [0, 0.1) is 6.92 Å². The van der Waals surface area contributed by atoms with Crippen molar-refractivity contribution in [1.29, 1.82) is 0 Å². The highest BCUT2D eigenvalue weighted by Crippen LogP contribution is 2.13. The SMILES string of the molecule is COC(=O)C1N[C@@H](Cc2ccc(C)cc2)CN1C. The van der Waals surface area contributed by atoms with Crippen LogP contribution < -0.4 is 5.32 Å². The molecule has 4 heteroatoms. The fourth-order valence-electron chi connectivity index (χ4n) is 2.35. The molecule has 4 nitrogen and oxygen atoms in total. The minimum Gasteiger partial charge on any atom is -0.467 e. The number of ether oxygens (including phenoxy) is 1. The van der Waals surface area contributed by atoms with Crippen LogP contribution in [0.25, 0.3) is 0 Å². The highest BCUT2D eigenvalue weighted by Gasteiger charge is 2.34. The van der Waals surface area contributed by atoms with E-state index in [1.807, 2.05) is 11.9 Å². The maximum absolute atomic E-state index is 11.5. The number of hydrogen-bond acceptors (Lipinski definition) is 4. The van der Waals surface area contributed by atoms with Gasteiger partial charge in [0.05, 0.1) is 7.11 Å². The van der Waals surface area contributed by atoms with E-state index < -0.39 is 0 Å². The van der Waals surface area contributed by atoms with Crippen molar-refractivity contribution in [3.05, 3.63) is 35.4 Å². The molecule has 2 rings (SSSR count). The van der Waals surface area contributed by atoms with E-state index in [1.165, 1.54) is 18.2 Å². The van der Waals surface area contributed by atoms with Gasteiger partial charge in [0.15, 0.2) is 6.17 Å². The van der Waals surface area contributed by atoms with Gasteiger partial charge in [0.1, 0.15) is 0 Å². The average Bonchev–Trinajstić information content (AvgIpc) is 2.72. The molecule has 1 aliphatic heterocycles. The van der Waals surface area contributed by atoms with Gasteiger partial charge in [-0.05, 0) is 26.0 Å². The van der Waals surface area contributed by atoms with E-state index in [1.54, 1.807) is 0 Å². The summed E-state index contributed by atoms with van der Waals surface area (Å²) in [5.41, 5.74) is 2.56. The number of esters is 1. The molecule has 1 aromatic carbocycles. The van der Waals surface area contributed by atoms with E-state index in [0.29, 0.717) is 6.04 Å². The van der Waals surface area contributed by atoms with Crippen molar-refractivity contribution in [3.63, 3.8) is 0 Å². The molecule has 1 N–H and O–H groups in total. The fourth-order valence-corrected chi connectivity index (χ4v) is 2.35. The van der Waals surface area contributed by atoms with Crippen molar-refractivity contribution < 1.29 is 9.53 Å². The molecule has 2 atom stereocenters. The van der Waals surface area contributed by atoms with Gasteiger partial charge in [0.25, 0.3) is 0 Å². The van der Waals surface area contributed by atoms with E-state index in [2.05, 4.69) is 36.5 Å². The lowest BCUT2D eigenvalue weighted by Crippen LogP contribution is -2.42. The summed E-state index contributed by atoms with van der Waals surface area (Å²) in [7, 11) is 3.36. The van der Waals surface area contributed by atoms with E-state index in [9.17, 15) is 4.79 Å². The number of hydrogen-bond donors (Lipinski definition) is 1. The van der Waals surface area contributed by atoms with Crippen molar-refractivity contribution in [2.45, 2.75) is 25.6 Å². The van der Waals surface area contributed by atoms with E-state index in [4.69, 9.17) is 4.74 Å². The van der Waals surface area contributed by atoms with Gasteiger partial charge >= 0.3 is 5.97 Å². The quantitative estimate of drug-likeness (QED) is 0.808. The van der Waals surface area contributed by atoms with Gasteiger partial charge in [-0.25, -0.2) is 4.79 Å². The first-order chi connectivity index (χ1) is 8.60. The number of carbonyl (C=O) groups excluding carboxylic acids is 1. The van der Waals surface area contributed by atoms with Crippen molar-refractivity contribution in [2.75, 3.05) is 20.7 Å². The van der Waals surface area contributed by atoms with Gasteiger partial charge in [-0.2, -0.15) is 0 Å². The first-order valence-corrected chi connectivity index (χ1v) is 6.20. The summed E-state index contributed by atoms with van der Waals surface area (Å²) >= 11 is 0. The predicted octanol–water partition coefficient (Wildman–Crippen LogP) is 0.940. The van der Waals surface area contributed by atoms with Gasteiger partial charge in [-0.1, -0.05) is 29.8 Å². The van der Waals surface area contributed by atoms with Crippen LogP contribution in [0.2, 0.25) is 0 Å². The van der Waals surface area contributed by atoms with Crippen molar-refractivity contribution in [1.82, 2.24) is 10.2 Å². The lowest BCUT2D eigenvalue weighted by molar-refractivity contribution is -0.146. The standard InChI is InChI=1S/C14H20N2O2/c1-10-4-6-11(7-5-10)8-12-9-16(2)13(15-12)14(17)18-3/h4-7,12-13,15H,8-9H2,1-3H3/t12-,13?/m0/s1. The smallest absolute Gasteiger partial charge is 0.338 e. The molecule has 18 heavy (non-hydrogen) atoms. The molecule has 0 spiro atoms. The number of rotatable bonds is 3. The molecule has 0 aliphatic carbocycles. The summed E-state index contributed by atoms with van der Waals surface area (Å²) in [6, 6.07) is 8.81. The van der Waals surface area contributed by atoms with Crippen molar-refractivity contribution in [3.8, 4) is 0 Å². The molecular formula is C14H20N2O2. The Kier molecular flexibility index (Phi) is 3.99. The molecular weight excluding hydrogens is 228 g/mol. The van der Waals surface area contributed by atoms with Crippen LogP contribution in [0.5, 0.6) is 0 Å². The van der Waals surface area contributed by atoms with Crippen LogP contribution in [-0.2, 0) is 16.0 Å². The Balaban J connectivity index is 1.96. The molecule has 0 bridgehead atoms. The van der Waals surface area contributed by atoms with E-state index in [-0.39, 0.29) is 12.1 Å². The van der Waals surface area contributed by atoms with Crippen LogP contribution in [0.4, 0.5) is 0 Å². The number of carbonyl (C=O) groups is 1. The first-order valence-electron chi connectivity index (χ1n) is 6.20. The number of nitrogens with one attached hydrogen (secondary N) is 1. The largest absolute Gasteiger partial charge is 0.467 e. The van der Waals surface area contributed by atoms with Gasteiger partial charge in [0.2, 0.25) is 0 Å². The number of methoxy groups -OCH3 is 1. The Hall–Kier alpha value is -1.39. The minimum atomic E-state index is -0.314. The Labute approximate surface area is 108 Å². The predicted molar refractivity (Wildman–Crippen MR) is 70.2 cm³/mol. The maximum atomic E-state index is 11.5. The minimum absolute atomic E-state index is 0.219. The molecule has 98 valence electrons. The average molecular weight is 248 g/mol. The number of likely N-dealkylation sites (N-methyl/N-ethyl adjacent to an activating group) is 1. The molecule has 1 aliphatic rings. The van der Waals surface area contributed by atoms with Crippen LogP contribution >= 0.6 is 0 Å². The number of benzene rings is 1. The summed E-state index contributed by atoms with van der Waals surface area (Å²) in [5.74, 6) is -0.219. The van der Waals surface area contributed by atoms with Crippen LogP contribution in [0.1, 0.15) is 11.1 Å². The zero-order chi connectivity index (χ0) is 13.1. The monoisotopic (exact) mass is 248 g/mol. The molecule has 1 fully saturated rings. The Bertz CT molecular complexity index is 416. The summed E-state index contributed by atoms with van der Waals surface area (Å²) in [4.78, 5) is 13.5. The topological polar surface area (TPSA) is 41.6 Å². The second kappa shape index (κ2) is 5.50. The normalized spacial score (nSPS) is 24.2. The van der Waals surface area contributed by atoms with Crippen LogP contribution in [-0.4, -0.2) is 43.8 Å². The lowest BCUT2D eigenvalue weighted by atomic mass is 10.1. The molecule has 1 saturated heterocycles. The molecule has 0 saturated carbocycles. The number of aryl methyl sites for hydroxylation is 1. The highest BCUT2D eigenvalue weighted by molar-refractivity contribution is 5.75. The summed E-state index contributed by atoms with van der Waals surface area (Å²) in [6.45, 7) is 2.94. The Morgan fingerprint density at radius 2 is 2.11 bits per heavy atom. The summed E-state index contributed by atoms with van der Waals surface area (Å²) < 4.78 is 4.78. The van der Waals surface area contributed by atoms with Gasteiger partial charge in [-0.3, -0.25) is 10.2 Å². The third-order valence-electron chi connectivity index (χ3n) is 3.37. The molecule has 0 amide bonds. The zero-order valence-corrected chi connectivity index (χ0v) is 11.1. The summed E-state index contributed by atoms with van der Waals surface area (Å²) in [6.07, 6.45) is 0.614. The third kappa shape index (κ3) is 2.89. The van der Waals surface area contributed by atoms with Gasteiger partial charge in [-0.15, -0.1) is 0 Å². The van der Waals surface area contributed by atoms with E-state index >= 15 is 0 Å². The maximum Gasteiger partial charge on any atom is 0.338 e. The zero-order valence-electron chi connectivity index (χ0n) is 11.1. The third-order valence-corrected chi connectivity index (χ3v) is 3.37. The van der Waals surface area contributed by atoms with Crippen molar-refractivity contribution >= 4 is 5.97 Å². The van der Waals surface area contributed by atoms with Crippen LogP contribution in [0.15, 0.2) is 24.3 Å². The second-order valence-corrected chi connectivity index (χ2v) is 4.92. The van der Waals surface area contributed by atoms with Crippen LogP contribution in [0.3, 0.4) is 0 Å². The molecule has 0 radical (unpaired) electrons. The van der Waals surface area contributed by atoms with Gasteiger partial charge in [0, 0.05) is 12.6 Å². The molecule has 1 heterocycles. The van der Waals surface area contributed by atoms with Crippen molar-refractivity contribution in [2.24, 2.45) is 0 Å². The van der Waals surface area contributed by atoms with E-state index in [0.717, 1.165) is 13.0 Å². The lowest BCUT2D eigenvalue weighted by Gasteiger charge is -2.15. The second-order valence-electron chi connectivity index (χ2n) is 4.92. The summed E-state index contributed by atoms with van der Waals surface area (Å²) in [5, 5.41) is 3.31. The molecule has 0 aromatic heterocycles. The Morgan fingerprint density at radius 1 is 1.44 bits per heavy atom. The Morgan fingerprint density at radius 3 is 2.72 bits per heavy atom. The van der Waals surface area contributed by atoms with Gasteiger partial charge < -0.3 is 4.74 Å². The fraction of sp³-hybridized carbons (Fsp3) is 0.500. The first kappa shape index (κ1) is 13.1. The molecule has 1 unspecified atom stereocenters. The highest BCUT2D eigenvalue weighted by atomic mass is 16.5.